The highest BCUT2D eigenvalue weighted by Crippen LogP contribution is 2.16. The van der Waals surface area contributed by atoms with Gasteiger partial charge in [-0.05, 0) is 34.7 Å². The van der Waals surface area contributed by atoms with E-state index in [9.17, 15) is 0 Å². The average molecular weight is 170 g/mol. The quantitative estimate of drug-likeness (QED) is 0.587. The van der Waals surface area contributed by atoms with Crippen molar-refractivity contribution in [1.82, 2.24) is 9.80 Å². The molecule has 1 heterocycles. The fraction of sp³-hybridized carbons (Fsp3) is 1.00. The molecule has 0 saturated carbocycles. The molecular formula is C10H22N2. The van der Waals surface area contributed by atoms with Gasteiger partial charge in [0.2, 0.25) is 0 Å². The smallest absolute Gasteiger partial charge is 0.0200 e. The predicted molar refractivity (Wildman–Crippen MR) is 53.4 cm³/mol. The molecule has 0 N–H and O–H groups in total. The number of piperazine rings is 1. The van der Waals surface area contributed by atoms with E-state index < -0.39 is 0 Å². The Balaban J connectivity index is 2.60. The minimum atomic E-state index is 0.684. The summed E-state index contributed by atoms with van der Waals surface area (Å²) in [7, 11) is 2.21. The second kappa shape index (κ2) is 3.75. The van der Waals surface area contributed by atoms with E-state index in [0.717, 1.165) is 0 Å². The van der Waals surface area contributed by atoms with Crippen molar-refractivity contribution in [3.8, 4) is 0 Å². The van der Waals surface area contributed by atoms with Gasteiger partial charge in [-0.1, -0.05) is 0 Å². The van der Waals surface area contributed by atoms with Gasteiger partial charge in [-0.2, -0.15) is 0 Å². The van der Waals surface area contributed by atoms with Crippen molar-refractivity contribution in [3.63, 3.8) is 0 Å². The van der Waals surface area contributed by atoms with Gasteiger partial charge < -0.3 is 4.90 Å². The van der Waals surface area contributed by atoms with E-state index in [1.165, 1.54) is 13.1 Å². The molecule has 0 aromatic heterocycles. The molecule has 12 heavy (non-hydrogen) atoms. The predicted octanol–water partition coefficient (Wildman–Crippen LogP) is 1.42. The number of nitrogens with zero attached hydrogens (tertiary/aromatic N) is 2. The molecule has 72 valence electrons. The lowest BCUT2D eigenvalue weighted by atomic mass is 10.1. The zero-order valence-electron chi connectivity index (χ0n) is 9.04. The summed E-state index contributed by atoms with van der Waals surface area (Å²) in [5, 5.41) is 0. The third kappa shape index (κ3) is 1.99. The minimum Gasteiger partial charge on any atom is -0.303 e. The van der Waals surface area contributed by atoms with Crippen molar-refractivity contribution >= 4 is 0 Å². The summed E-state index contributed by atoms with van der Waals surface area (Å²) in [6, 6.07) is 2.10. The molecule has 1 aliphatic heterocycles. The minimum absolute atomic E-state index is 0.684. The number of hydrogen-bond donors (Lipinski definition) is 0. The fourth-order valence-electron chi connectivity index (χ4n) is 2.62. The van der Waals surface area contributed by atoms with Gasteiger partial charge >= 0.3 is 0 Å². The van der Waals surface area contributed by atoms with E-state index in [4.69, 9.17) is 0 Å². The summed E-state index contributed by atoms with van der Waals surface area (Å²) in [4.78, 5) is 5.04. The maximum atomic E-state index is 2.61. The van der Waals surface area contributed by atoms with E-state index in [1.54, 1.807) is 0 Å². The first-order valence-corrected chi connectivity index (χ1v) is 4.98. The zero-order chi connectivity index (χ0) is 9.30. The van der Waals surface area contributed by atoms with Gasteiger partial charge in [0, 0.05) is 31.2 Å². The van der Waals surface area contributed by atoms with Crippen molar-refractivity contribution in [2.75, 3.05) is 20.1 Å². The van der Waals surface area contributed by atoms with Crippen LogP contribution >= 0.6 is 0 Å². The first-order chi connectivity index (χ1) is 5.52. The Morgan fingerprint density at radius 2 is 1.50 bits per heavy atom. The first-order valence-electron chi connectivity index (χ1n) is 4.98. The first kappa shape index (κ1) is 10.0. The standard InChI is InChI=1S/C10H22N2/c1-8(2)12-9(3)6-11(5)7-10(12)4/h8-10H,6-7H2,1-5H3/t9-,10-/m0/s1. The maximum Gasteiger partial charge on any atom is 0.0200 e. The third-order valence-corrected chi connectivity index (χ3v) is 2.77. The van der Waals surface area contributed by atoms with Crippen molar-refractivity contribution in [1.29, 1.82) is 0 Å². The second-order valence-corrected chi connectivity index (χ2v) is 4.46. The van der Waals surface area contributed by atoms with Crippen LogP contribution in [-0.4, -0.2) is 48.1 Å². The maximum absolute atomic E-state index is 2.61. The van der Waals surface area contributed by atoms with Crippen LogP contribution in [0.3, 0.4) is 0 Å². The Morgan fingerprint density at radius 1 is 1.08 bits per heavy atom. The molecule has 0 aromatic rings. The number of hydrogen-bond acceptors (Lipinski definition) is 2. The van der Waals surface area contributed by atoms with Crippen molar-refractivity contribution < 1.29 is 0 Å². The van der Waals surface area contributed by atoms with Crippen LogP contribution in [0, 0.1) is 0 Å². The second-order valence-electron chi connectivity index (χ2n) is 4.46. The highest BCUT2D eigenvalue weighted by atomic mass is 15.3. The Morgan fingerprint density at radius 3 is 1.83 bits per heavy atom. The molecule has 0 radical (unpaired) electrons. The summed E-state index contributed by atoms with van der Waals surface area (Å²) < 4.78 is 0. The fourth-order valence-corrected chi connectivity index (χ4v) is 2.62. The Labute approximate surface area is 76.5 Å². The molecule has 0 aromatic carbocycles. The molecule has 0 unspecified atom stereocenters. The molecule has 0 aliphatic carbocycles. The van der Waals surface area contributed by atoms with Crippen LogP contribution in [0.5, 0.6) is 0 Å². The SMILES string of the molecule is CC(C)N1[C@@H](C)CN(C)C[C@@H]1C. The highest BCUT2D eigenvalue weighted by Gasteiger charge is 2.28. The molecule has 2 heteroatoms. The van der Waals surface area contributed by atoms with E-state index >= 15 is 0 Å². The van der Waals surface area contributed by atoms with Gasteiger partial charge in [-0.25, -0.2) is 0 Å². The Hall–Kier alpha value is -0.0800. The van der Waals surface area contributed by atoms with Crippen LogP contribution < -0.4 is 0 Å². The normalized spacial score (nSPS) is 34.5. The molecule has 2 atom stereocenters. The van der Waals surface area contributed by atoms with Crippen LogP contribution in [0.25, 0.3) is 0 Å². The number of likely N-dealkylation sites (N-methyl/N-ethyl adjacent to an activating group) is 1. The summed E-state index contributed by atoms with van der Waals surface area (Å²) in [6.07, 6.45) is 0. The molecule has 1 fully saturated rings. The van der Waals surface area contributed by atoms with E-state index in [0.29, 0.717) is 18.1 Å². The zero-order valence-corrected chi connectivity index (χ0v) is 9.04. The number of rotatable bonds is 1. The van der Waals surface area contributed by atoms with Gasteiger partial charge in [0.15, 0.2) is 0 Å². The van der Waals surface area contributed by atoms with Gasteiger partial charge in [-0.15, -0.1) is 0 Å². The van der Waals surface area contributed by atoms with Gasteiger partial charge in [0.05, 0.1) is 0 Å². The van der Waals surface area contributed by atoms with Crippen molar-refractivity contribution in [2.45, 2.75) is 45.8 Å². The summed E-state index contributed by atoms with van der Waals surface area (Å²) in [6.45, 7) is 11.7. The average Bonchev–Trinajstić information content (AvgIpc) is 1.82. The van der Waals surface area contributed by atoms with Gasteiger partial charge in [0.25, 0.3) is 0 Å². The molecule has 1 rings (SSSR count). The van der Waals surface area contributed by atoms with Crippen molar-refractivity contribution in [2.24, 2.45) is 0 Å². The molecule has 0 amide bonds. The molecular weight excluding hydrogens is 148 g/mol. The van der Waals surface area contributed by atoms with Crippen LogP contribution in [0.2, 0.25) is 0 Å². The monoisotopic (exact) mass is 170 g/mol. The highest BCUT2D eigenvalue weighted by molar-refractivity contribution is 4.85. The lowest BCUT2D eigenvalue weighted by molar-refractivity contribution is 0.0280. The lowest BCUT2D eigenvalue weighted by Crippen LogP contribution is -2.57. The van der Waals surface area contributed by atoms with Crippen LogP contribution in [-0.2, 0) is 0 Å². The Bertz CT molecular complexity index is 133. The van der Waals surface area contributed by atoms with Crippen LogP contribution in [0.1, 0.15) is 27.7 Å². The third-order valence-electron chi connectivity index (χ3n) is 2.77. The largest absolute Gasteiger partial charge is 0.303 e. The molecule has 1 saturated heterocycles. The van der Waals surface area contributed by atoms with E-state index in [2.05, 4.69) is 44.5 Å². The lowest BCUT2D eigenvalue weighted by Gasteiger charge is -2.45. The molecule has 1 aliphatic rings. The summed E-state index contributed by atoms with van der Waals surface area (Å²) in [5.41, 5.74) is 0. The summed E-state index contributed by atoms with van der Waals surface area (Å²) in [5.74, 6) is 0. The molecule has 2 nitrogen and oxygen atoms in total. The Kier molecular flexibility index (Phi) is 3.13. The molecule has 0 spiro atoms. The summed E-state index contributed by atoms with van der Waals surface area (Å²) >= 11 is 0. The van der Waals surface area contributed by atoms with Gasteiger partial charge in [-0.3, -0.25) is 4.90 Å². The van der Waals surface area contributed by atoms with Crippen molar-refractivity contribution in [3.05, 3.63) is 0 Å². The molecule has 0 bridgehead atoms. The van der Waals surface area contributed by atoms with Crippen LogP contribution in [0.4, 0.5) is 0 Å². The van der Waals surface area contributed by atoms with Gasteiger partial charge in [0.1, 0.15) is 0 Å². The topological polar surface area (TPSA) is 6.48 Å². The van der Waals surface area contributed by atoms with Crippen LogP contribution in [0.15, 0.2) is 0 Å². The van der Waals surface area contributed by atoms with E-state index in [-0.39, 0.29) is 0 Å². The van der Waals surface area contributed by atoms with E-state index in [1.807, 2.05) is 0 Å².